The largest absolute Gasteiger partial charge is 2.00 e. The Balaban J connectivity index is 0.00000361. The molecule has 1 atom stereocenters. The van der Waals surface area contributed by atoms with Crippen molar-refractivity contribution in [2.24, 2.45) is 0 Å². The Morgan fingerprint density at radius 2 is 0.820 bits per heavy atom. The zero-order chi connectivity index (χ0) is 32.7. The number of hydrogen-bond donors (Lipinski definition) is 1. The monoisotopic (exact) mass is 694 g/mol. The third kappa shape index (κ3) is 5.63. The summed E-state index contributed by atoms with van der Waals surface area (Å²) in [5, 5.41) is 11.8. The second-order valence-corrected chi connectivity index (χ2v) is 12.3. The molecular formula is C44H30N4OZn. The number of aliphatic hydroxyl groups excluding tert-OH is 1. The maximum absolute atomic E-state index is 11.8. The normalized spacial score (nSPS) is 13.6. The fourth-order valence-electron chi connectivity index (χ4n) is 7.01. The van der Waals surface area contributed by atoms with E-state index < -0.39 is 6.10 Å². The molecule has 0 radical (unpaired) electrons. The first-order valence-corrected chi connectivity index (χ1v) is 16.5. The molecule has 0 saturated heterocycles. The second kappa shape index (κ2) is 13.3. The molecule has 1 N–H and O–H groups in total. The molecule has 4 aromatic carbocycles. The predicted octanol–water partition coefficient (Wildman–Crippen LogP) is 9.68. The Morgan fingerprint density at radius 1 is 0.440 bits per heavy atom. The molecule has 0 aliphatic carbocycles. The van der Waals surface area contributed by atoms with E-state index in [9.17, 15) is 5.11 Å². The Hall–Kier alpha value is -5.68. The van der Waals surface area contributed by atoms with Crippen LogP contribution in [0.15, 0.2) is 146 Å². The molecule has 5 heterocycles. The van der Waals surface area contributed by atoms with E-state index in [-0.39, 0.29) is 19.5 Å². The first-order valence-electron chi connectivity index (χ1n) is 16.5. The summed E-state index contributed by atoms with van der Waals surface area (Å²) in [6.07, 6.45) is 3.66. The summed E-state index contributed by atoms with van der Waals surface area (Å²) in [6, 6.07) is 49.2. The molecule has 0 spiro atoms. The second-order valence-electron chi connectivity index (χ2n) is 12.3. The summed E-state index contributed by atoms with van der Waals surface area (Å²) in [6.45, 7) is 0. The van der Waals surface area contributed by atoms with Gasteiger partial charge in [0.25, 0.3) is 0 Å². The maximum atomic E-state index is 11.8. The number of nitrogens with zero attached hydrogens (tertiary/aromatic N) is 4. The zero-order valence-corrected chi connectivity index (χ0v) is 30.2. The number of benzene rings is 4. The van der Waals surface area contributed by atoms with Crippen LogP contribution < -0.4 is 9.97 Å². The van der Waals surface area contributed by atoms with Crippen LogP contribution in [0, 0.1) is 0 Å². The molecule has 50 heavy (non-hydrogen) atoms. The van der Waals surface area contributed by atoms with Crippen molar-refractivity contribution < 1.29 is 24.6 Å². The topological polar surface area (TPSA) is 74.2 Å². The summed E-state index contributed by atoms with van der Waals surface area (Å²) in [5.41, 5.74) is 13.8. The van der Waals surface area contributed by atoms with E-state index >= 15 is 0 Å². The minimum atomic E-state index is -0.822. The van der Waals surface area contributed by atoms with E-state index in [4.69, 9.17) is 19.9 Å². The van der Waals surface area contributed by atoms with E-state index in [2.05, 4.69) is 72.8 Å². The van der Waals surface area contributed by atoms with Crippen LogP contribution in [0.4, 0.5) is 0 Å². The van der Waals surface area contributed by atoms with Crippen molar-refractivity contribution in [1.82, 2.24) is 19.9 Å². The molecule has 9 rings (SSSR count). The average Bonchev–Trinajstić information content (AvgIpc) is 3.98. The summed E-state index contributed by atoms with van der Waals surface area (Å²) in [5.74, 6) is 0. The number of aromatic nitrogens is 4. The van der Waals surface area contributed by atoms with Crippen LogP contribution in [0.25, 0.3) is 78.7 Å². The Bertz CT molecular complexity index is 2520. The first-order chi connectivity index (χ1) is 24.2. The standard InChI is InChI=1S/C44H30N4O.Zn/c49-39-27-38-42(30-17-9-3-10-18-30)36-24-23-34(46-36)40(28-13-5-1-6-14-28)32-21-22-33(45-32)41(29-15-7-2-8-16-29)35-25-26-37(47-35)43(44(39)48-38)31-19-11-4-12-20-31;/h1-26,39,49H,27H2;/q-2;+2. The molecule has 2 aliphatic rings. The number of hydrogen-bond acceptors (Lipinski definition) is 3. The van der Waals surface area contributed by atoms with Gasteiger partial charge in [-0.2, -0.15) is 0 Å². The van der Waals surface area contributed by atoms with E-state index in [0.29, 0.717) is 12.1 Å². The number of fused-ring (bicyclic) bond motifs is 8. The van der Waals surface area contributed by atoms with Gasteiger partial charge in [-0.05, 0) is 51.1 Å². The molecule has 3 aromatic heterocycles. The number of rotatable bonds is 4. The van der Waals surface area contributed by atoms with Gasteiger partial charge in [-0.3, -0.25) is 4.98 Å². The van der Waals surface area contributed by atoms with Crippen LogP contribution in [-0.2, 0) is 25.9 Å². The van der Waals surface area contributed by atoms with Crippen molar-refractivity contribution in [1.29, 1.82) is 0 Å². The molecule has 0 fully saturated rings. The summed E-state index contributed by atoms with van der Waals surface area (Å²) >= 11 is 0. The third-order valence-corrected chi connectivity index (χ3v) is 9.21. The van der Waals surface area contributed by atoms with E-state index in [0.717, 1.165) is 83.7 Å². The SMILES string of the molecule is OC1Cc2nc1c(-c1ccccc1)c1ccc([n-]1)c(-c1ccccc1)c1ccc([n-]1)c(-c1ccccc1)c1nc(c2-c2ccccc2)C=C1.[Zn+2]. The average molecular weight is 696 g/mol. The van der Waals surface area contributed by atoms with Gasteiger partial charge in [0.1, 0.15) is 6.10 Å². The van der Waals surface area contributed by atoms with Crippen LogP contribution in [0.2, 0.25) is 0 Å². The van der Waals surface area contributed by atoms with Gasteiger partial charge in [0, 0.05) is 12.0 Å². The van der Waals surface area contributed by atoms with Crippen molar-refractivity contribution in [2.75, 3.05) is 0 Å². The van der Waals surface area contributed by atoms with Gasteiger partial charge in [0.05, 0.1) is 22.8 Å². The number of aliphatic hydroxyl groups is 1. The Kier molecular flexibility index (Phi) is 8.41. The first kappa shape index (κ1) is 31.6. The molecule has 6 heteroatoms. The fraction of sp³-hybridized carbons (Fsp3) is 0.0455. The quantitative estimate of drug-likeness (QED) is 0.186. The van der Waals surface area contributed by atoms with E-state index in [1.807, 2.05) is 84.9 Å². The molecular weight excluding hydrogens is 666 g/mol. The van der Waals surface area contributed by atoms with E-state index in [1.54, 1.807) is 0 Å². The van der Waals surface area contributed by atoms with Gasteiger partial charge in [-0.1, -0.05) is 146 Å². The van der Waals surface area contributed by atoms with Crippen LogP contribution >= 0.6 is 0 Å². The molecule has 7 aromatic rings. The van der Waals surface area contributed by atoms with Gasteiger partial charge < -0.3 is 15.1 Å². The summed E-state index contributed by atoms with van der Waals surface area (Å²) in [4.78, 5) is 21.1. The van der Waals surface area contributed by atoms with Crippen LogP contribution in [0.1, 0.15) is 28.9 Å². The molecule has 2 aliphatic heterocycles. The minimum absolute atomic E-state index is 0. The molecule has 0 amide bonds. The molecule has 5 nitrogen and oxygen atoms in total. The van der Waals surface area contributed by atoms with Gasteiger partial charge in [-0.15, -0.1) is 22.1 Å². The fourth-order valence-corrected chi connectivity index (χ4v) is 7.01. The molecule has 8 bridgehead atoms. The maximum Gasteiger partial charge on any atom is 2.00 e. The summed E-state index contributed by atoms with van der Waals surface area (Å²) in [7, 11) is 0. The Labute approximate surface area is 302 Å². The Morgan fingerprint density at radius 3 is 1.32 bits per heavy atom. The molecule has 0 saturated carbocycles. The van der Waals surface area contributed by atoms with Gasteiger partial charge in [-0.25, -0.2) is 4.98 Å². The van der Waals surface area contributed by atoms with Crippen molar-refractivity contribution >= 4 is 34.2 Å². The third-order valence-electron chi connectivity index (χ3n) is 9.21. The van der Waals surface area contributed by atoms with Crippen LogP contribution in [0.3, 0.4) is 0 Å². The zero-order valence-electron chi connectivity index (χ0n) is 27.2. The van der Waals surface area contributed by atoms with Crippen molar-refractivity contribution in [3.63, 3.8) is 0 Å². The smallest absolute Gasteiger partial charge is 0.657 e. The minimum Gasteiger partial charge on any atom is -0.657 e. The van der Waals surface area contributed by atoms with E-state index in [1.165, 1.54) is 0 Å². The molecule has 234 valence electrons. The van der Waals surface area contributed by atoms with Gasteiger partial charge in [0.2, 0.25) is 0 Å². The van der Waals surface area contributed by atoms with Crippen LogP contribution in [0.5, 0.6) is 0 Å². The van der Waals surface area contributed by atoms with Crippen molar-refractivity contribution in [2.45, 2.75) is 12.5 Å². The van der Waals surface area contributed by atoms with Gasteiger partial charge in [0.15, 0.2) is 0 Å². The summed E-state index contributed by atoms with van der Waals surface area (Å²) < 4.78 is 0. The predicted molar refractivity (Wildman–Crippen MR) is 198 cm³/mol. The van der Waals surface area contributed by atoms with Crippen molar-refractivity contribution in [3.05, 3.63) is 168 Å². The molecule has 1 unspecified atom stereocenters. The van der Waals surface area contributed by atoms with Gasteiger partial charge >= 0.3 is 19.5 Å². The van der Waals surface area contributed by atoms with Crippen LogP contribution in [-0.4, -0.2) is 15.1 Å². The van der Waals surface area contributed by atoms with Crippen molar-refractivity contribution in [3.8, 4) is 44.5 Å².